The molecule has 0 saturated heterocycles. The molecule has 1 aliphatic carbocycles. The lowest BCUT2D eigenvalue weighted by Gasteiger charge is -2.11. The van der Waals surface area contributed by atoms with Gasteiger partial charge in [0.1, 0.15) is 0 Å². The van der Waals surface area contributed by atoms with E-state index in [4.69, 9.17) is 10.5 Å². The zero-order valence-electron chi connectivity index (χ0n) is 8.77. The number of nitrogens with one attached hydrogen (secondary N) is 1. The zero-order valence-corrected chi connectivity index (χ0v) is 8.77. The van der Waals surface area contributed by atoms with Gasteiger partial charge in [-0.05, 0) is 12.2 Å². The van der Waals surface area contributed by atoms with Crippen LogP contribution in [0.5, 0.6) is 0 Å². The maximum atomic E-state index is 10.9. The van der Waals surface area contributed by atoms with Crippen LogP contribution in [0.4, 0.5) is 4.79 Å². The van der Waals surface area contributed by atoms with Crippen molar-refractivity contribution in [3.05, 3.63) is 47.9 Å². The Kier molecular flexibility index (Phi) is 4.08. The summed E-state index contributed by atoms with van der Waals surface area (Å²) in [7, 11) is 0. The molecule has 0 atom stereocenters. The van der Waals surface area contributed by atoms with Gasteiger partial charge in [0, 0.05) is 6.92 Å². The summed E-state index contributed by atoms with van der Waals surface area (Å²) in [6.45, 7) is 1.36. The molecule has 5 nitrogen and oxygen atoms in total. The van der Waals surface area contributed by atoms with Crippen molar-refractivity contribution < 1.29 is 14.3 Å². The van der Waals surface area contributed by atoms with Gasteiger partial charge in [-0.3, -0.25) is 4.79 Å². The van der Waals surface area contributed by atoms with E-state index in [0.29, 0.717) is 5.70 Å². The molecule has 0 saturated carbocycles. The first-order valence-corrected chi connectivity index (χ1v) is 4.60. The molecule has 16 heavy (non-hydrogen) atoms. The molecule has 0 radical (unpaired) electrons. The number of rotatable bonds is 2. The Morgan fingerprint density at radius 2 is 1.81 bits per heavy atom. The Morgan fingerprint density at radius 1 is 1.19 bits per heavy atom. The first-order valence-electron chi connectivity index (χ1n) is 4.60. The fourth-order valence-electron chi connectivity index (χ4n) is 1.09. The van der Waals surface area contributed by atoms with Gasteiger partial charge in [-0.15, -0.1) is 0 Å². The van der Waals surface area contributed by atoms with Gasteiger partial charge >= 0.3 is 6.09 Å². The molecule has 1 rings (SSSR count). The second-order valence-electron chi connectivity index (χ2n) is 2.98. The maximum absolute atomic E-state index is 10.9. The van der Waals surface area contributed by atoms with Gasteiger partial charge < -0.3 is 15.8 Å². The predicted octanol–water partition coefficient (Wildman–Crippen LogP) is 1.11. The summed E-state index contributed by atoms with van der Waals surface area (Å²) in [5.74, 6) is -0.0635. The van der Waals surface area contributed by atoms with Gasteiger partial charge in [0.25, 0.3) is 0 Å². The molecule has 0 heterocycles. The number of allylic oxidation sites excluding steroid dienone is 6. The minimum absolute atomic E-state index is 0.198. The summed E-state index contributed by atoms with van der Waals surface area (Å²) in [5.41, 5.74) is 5.30. The third-order valence-electron chi connectivity index (χ3n) is 1.63. The van der Waals surface area contributed by atoms with E-state index < -0.39 is 6.09 Å². The molecule has 0 aromatic heterocycles. The molecule has 84 valence electrons. The van der Waals surface area contributed by atoms with Gasteiger partial charge in [0.2, 0.25) is 5.91 Å². The van der Waals surface area contributed by atoms with Crippen molar-refractivity contribution in [2.75, 3.05) is 0 Å². The summed E-state index contributed by atoms with van der Waals surface area (Å²) in [5, 5.41) is 2.54. The highest BCUT2D eigenvalue weighted by Crippen LogP contribution is 2.11. The first-order chi connectivity index (χ1) is 7.59. The van der Waals surface area contributed by atoms with Crippen LogP contribution in [0.2, 0.25) is 0 Å². The minimum atomic E-state index is -0.930. The summed E-state index contributed by atoms with van der Waals surface area (Å²) < 4.78 is 4.77. The number of amides is 2. The van der Waals surface area contributed by atoms with Crippen LogP contribution in [0, 0.1) is 0 Å². The van der Waals surface area contributed by atoms with Crippen molar-refractivity contribution in [3.63, 3.8) is 0 Å². The third-order valence-corrected chi connectivity index (χ3v) is 1.63. The van der Waals surface area contributed by atoms with Crippen LogP contribution in [0.3, 0.4) is 0 Å². The van der Waals surface area contributed by atoms with E-state index >= 15 is 0 Å². The molecular weight excluding hydrogens is 208 g/mol. The van der Waals surface area contributed by atoms with Crippen LogP contribution >= 0.6 is 0 Å². The Morgan fingerprint density at radius 3 is 2.38 bits per heavy atom. The quantitative estimate of drug-likeness (QED) is 0.731. The standard InChI is InChI=1S/C11H12N2O3/c1-8(14)13-9-6-4-2-3-5-7-10(9)16-11(12)15/h2-7H,1H3,(H2,12,15)(H,13,14)/b3-2?,4-2-,5-3+,6-4?,7-5?,9-6?,10-7?,10-9?. The van der Waals surface area contributed by atoms with Crippen LogP contribution in [0.1, 0.15) is 6.92 Å². The lowest BCUT2D eigenvalue weighted by Crippen LogP contribution is -2.24. The van der Waals surface area contributed by atoms with Crippen molar-refractivity contribution in [1.82, 2.24) is 5.32 Å². The van der Waals surface area contributed by atoms with E-state index in [0.717, 1.165) is 0 Å². The molecule has 0 aliphatic heterocycles. The SMILES string of the molecule is CC(=O)NC1=C/C=C\C=C\C=C1OC(N)=O. The van der Waals surface area contributed by atoms with Gasteiger partial charge in [-0.2, -0.15) is 0 Å². The van der Waals surface area contributed by atoms with Crippen molar-refractivity contribution in [3.8, 4) is 0 Å². The molecule has 2 amide bonds. The predicted molar refractivity (Wildman–Crippen MR) is 58.9 cm³/mol. The van der Waals surface area contributed by atoms with Crippen molar-refractivity contribution in [1.29, 1.82) is 0 Å². The fourth-order valence-corrected chi connectivity index (χ4v) is 1.09. The van der Waals surface area contributed by atoms with Crippen molar-refractivity contribution in [2.45, 2.75) is 6.92 Å². The molecule has 5 heteroatoms. The number of nitrogens with two attached hydrogens (primary N) is 1. The van der Waals surface area contributed by atoms with Crippen LogP contribution in [0.25, 0.3) is 0 Å². The Labute approximate surface area is 93.0 Å². The molecule has 0 aromatic rings. The Bertz CT molecular complexity index is 377. The Balaban J connectivity index is 2.95. The van der Waals surface area contributed by atoms with Gasteiger partial charge in [-0.1, -0.05) is 24.3 Å². The number of carbonyl (C=O) groups excluding carboxylic acids is 2. The molecule has 0 aromatic carbocycles. The molecular formula is C11H12N2O3. The first kappa shape index (κ1) is 11.8. The molecule has 0 bridgehead atoms. The topological polar surface area (TPSA) is 81.4 Å². The molecule has 1 aliphatic rings. The monoisotopic (exact) mass is 220 g/mol. The summed E-state index contributed by atoms with van der Waals surface area (Å²) in [6, 6.07) is 0. The highest BCUT2D eigenvalue weighted by Gasteiger charge is 2.10. The van der Waals surface area contributed by atoms with E-state index in [9.17, 15) is 9.59 Å². The minimum Gasteiger partial charge on any atom is -0.408 e. The average molecular weight is 220 g/mol. The molecule has 3 N–H and O–H groups in total. The van der Waals surface area contributed by atoms with E-state index in [1.165, 1.54) is 13.0 Å². The van der Waals surface area contributed by atoms with Gasteiger partial charge in [0.05, 0.1) is 5.70 Å². The van der Waals surface area contributed by atoms with Crippen LogP contribution in [-0.2, 0) is 9.53 Å². The highest BCUT2D eigenvalue weighted by molar-refractivity contribution is 5.76. The van der Waals surface area contributed by atoms with E-state index in [1.54, 1.807) is 30.4 Å². The second kappa shape index (κ2) is 5.55. The smallest absolute Gasteiger partial charge is 0.408 e. The largest absolute Gasteiger partial charge is 0.410 e. The third kappa shape index (κ3) is 3.83. The molecule has 0 fully saturated rings. The summed E-state index contributed by atoms with van der Waals surface area (Å²) in [6.07, 6.45) is 9.13. The number of ether oxygens (including phenoxy) is 1. The number of carbonyl (C=O) groups is 2. The lowest BCUT2D eigenvalue weighted by molar-refractivity contribution is -0.118. The maximum Gasteiger partial charge on any atom is 0.410 e. The number of hydrogen-bond donors (Lipinski definition) is 2. The summed E-state index contributed by atoms with van der Waals surface area (Å²) in [4.78, 5) is 21.6. The Hall–Kier alpha value is -2.30. The van der Waals surface area contributed by atoms with E-state index in [-0.39, 0.29) is 11.7 Å². The number of primary amides is 1. The van der Waals surface area contributed by atoms with Gasteiger partial charge in [-0.25, -0.2) is 4.79 Å². The van der Waals surface area contributed by atoms with Crippen LogP contribution < -0.4 is 11.1 Å². The van der Waals surface area contributed by atoms with Gasteiger partial charge in [0.15, 0.2) is 5.76 Å². The van der Waals surface area contributed by atoms with Crippen molar-refractivity contribution in [2.24, 2.45) is 5.73 Å². The van der Waals surface area contributed by atoms with Crippen LogP contribution in [0.15, 0.2) is 47.9 Å². The highest BCUT2D eigenvalue weighted by atomic mass is 16.5. The van der Waals surface area contributed by atoms with E-state index in [1.807, 2.05) is 0 Å². The number of hydrogen-bond acceptors (Lipinski definition) is 3. The lowest BCUT2D eigenvalue weighted by atomic mass is 10.2. The normalized spacial score (nSPS) is 18.3. The van der Waals surface area contributed by atoms with Crippen LogP contribution in [-0.4, -0.2) is 12.0 Å². The molecule has 0 spiro atoms. The average Bonchev–Trinajstić information content (AvgIpc) is 2.15. The zero-order chi connectivity index (χ0) is 12.0. The second-order valence-corrected chi connectivity index (χ2v) is 2.98. The van der Waals surface area contributed by atoms with Crippen molar-refractivity contribution >= 4 is 12.0 Å². The summed E-state index contributed by atoms with van der Waals surface area (Å²) >= 11 is 0. The van der Waals surface area contributed by atoms with E-state index in [2.05, 4.69) is 5.32 Å². The molecule has 0 unspecified atom stereocenters. The fraction of sp³-hybridized carbons (Fsp3) is 0.0909.